The molecule has 0 N–H and O–H groups in total. The van der Waals surface area contributed by atoms with Crippen LogP contribution < -0.4 is 5.56 Å². The molecule has 2 aromatic heterocycles. The van der Waals surface area contributed by atoms with Gasteiger partial charge < -0.3 is 4.42 Å². The van der Waals surface area contributed by atoms with Crippen molar-refractivity contribution in [2.75, 3.05) is 0 Å². The molecule has 5 heteroatoms. The van der Waals surface area contributed by atoms with E-state index in [-0.39, 0.29) is 11.1 Å². The van der Waals surface area contributed by atoms with Gasteiger partial charge >= 0.3 is 5.56 Å². The van der Waals surface area contributed by atoms with Gasteiger partial charge in [-0.3, -0.25) is 4.79 Å². The maximum atomic E-state index is 11.1. The summed E-state index contributed by atoms with van der Waals surface area (Å²) < 4.78 is 4.99. The summed E-state index contributed by atoms with van der Waals surface area (Å²) >= 11 is 0. The van der Waals surface area contributed by atoms with Crippen LogP contribution in [0.5, 0.6) is 0 Å². The largest absolute Gasteiger partial charge is 0.441 e. The van der Waals surface area contributed by atoms with E-state index in [9.17, 15) is 4.79 Å². The van der Waals surface area contributed by atoms with E-state index in [0.717, 1.165) is 6.39 Å². The third-order valence-electron chi connectivity index (χ3n) is 1.52. The van der Waals surface area contributed by atoms with Crippen molar-refractivity contribution in [3.05, 3.63) is 28.8 Å². The van der Waals surface area contributed by atoms with Crippen LogP contribution in [0, 0.1) is 6.92 Å². The van der Waals surface area contributed by atoms with Crippen LogP contribution in [0.4, 0.5) is 0 Å². The van der Waals surface area contributed by atoms with Gasteiger partial charge in [-0.25, -0.2) is 9.97 Å². The molecule has 0 amide bonds. The molecular weight excluding hydrogens is 158 g/mol. The lowest BCUT2D eigenvalue weighted by Gasteiger charge is -1.94. The minimum absolute atomic E-state index is 0.227. The van der Waals surface area contributed by atoms with Crippen molar-refractivity contribution in [1.29, 1.82) is 0 Å². The summed E-state index contributed by atoms with van der Waals surface area (Å²) in [5.41, 5.74) is 0.878. The molecule has 5 nitrogen and oxygen atoms in total. The molecule has 0 spiro atoms. The van der Waals surface area contributed by atoms with E-state index in [0.29, 0.717) is 11.3 Å². The van der Waals surface area contributed by atoms with E-state index < -0.39 is 0 Å². The minimum atomic E-state index is -0.387. The molecule has 0 saturated heterocycles. The quantitative estimate of drug-likeness (QED) is 0.558. The fourth-order valence-corrected chi connectivity index (χ4v) is 0.943. The van der Waals surface area contributed by atoms with Crippen LogP contribution in [-0.4, -0.2) is 15.0 Å². The number of aromatic nitrogens is 3. The lowest BCUT2D eigenvalue weighted by atomic mass is 10.4. The van der Waals surface area contributed by atoms with Crippen LogP contribution >= 0.6 is 0 Å². The van der Waals surface area contributed by atoms with Gasteiger partial charge in [0.25, 0.3) is 0 Å². The van der Waals surface area contributed by atoms with E-state index in [1.165, 1.54) is 6.33 Å². The second-order valence-electron chi connectivity index (χ2n) is 2.29. The van der Waals surface area contributed by atoms with Crippen molar-refractivity contribution >= 4 is 11.1 Å². The highest BCUT2D eigenvalue weighted by Gasteiger charge is 2.04. The Hall–Kier alpha value is -1.78. The van der Waals surface area contributed by atoms with Gasteiger partial charge in [0, 0.05) is 0 Å². The zero-order valence-corrected chi connectivity index (χ0v) is 6.31. The van der Waals surface area contributed by atoms with E-state index >= 15 is 0 Å². The van der Waals surface area contributed by atoms with Crippen LogP contribution in [0.2, 0.25) is 0 Å². The molecule has 0 radical (unpaired) electrons. The van der Waals surface area contributed by atoms with Crippen LogP contribution in [0.25, 0.3) is 11.1 Å². The lowest BCUT2D eigenvalue weighted by Crippen LogP contribution is -2.07. The summed E-state index contributed by atoms with van der Waals surface area (Å²) in [6.45, 7) is 1.74. The molecule has 2 heterocycles. The zero-order chi connectivity index (χ0) is 8.55. The molecular formula is C7H5N3O2. The highest BCUT2D eigenvalue weighted by Crippen LogP contribution is 2.07. The monoisotopic (exact) mass is 163 g/mol. The molecule has 0 fully saturated rings. The number of hydrogen-bond donors (Lipinski definition) is 0. The average molecular weight is 163 g/mol. The highest BCUT2D eigenvalue weighted by molar-refractivity contribution is 5.71. The summed E-state index contributed by atoms with van der Waals surface area (Å²) in [4.78, 5) is 22.1. The van der Waals surface area contributed by atoms with Gasteiger partial charge in [0.05, 0.1) is 5.69 Å². The molecule has 0 aliphatic heterocycles. The number of fused-ring (bicyclic) bond motifs is 1. The molecule has 0 aromatic carbocycles. The summed E-state index contributed by atoms with van der Waals surface area (Å²) in [5, 5.41) is 0. The van der Waals surface area contributed by atoms with Crippen LogP contribution in [0.15, 0.2) is 21.9 Å². The van der Waals surface area contributed by atoms with E-state index in [4.69, 9.17) is 4.42 Å². The van der Waals surface area contributed by atoms with E-state index in [2.05, 4.69) is 15.0 Å². The first-order chi connectivity index (χ1) is 5.79. The molecule has 12 heavy (non-hydrogen) atoms. The van der Waals surface area contributed by atoms with Crippen molar-refractivity contribution in [3.63, 3.8) is 0 Å². The van der Waals surface area contributed by atoms with Crippen LogP contribution in [0.1, 0.15) is 5.69 Å². The van der Waals surface area contributed by atoms with Crippen molar-refractivity contribution in [3.8, 4) is 0 Å². The third-order valence-corrected chi connectivity index (χ3v) is 1.52. The van der Waals surface area contributed by atoms with Crippen molar-refractivity contribution in [1.82, 2.24) is 15.0 Å². The van der Waals surface area contributed by atoms with Gasteiger partial charge in [-0.1, -0.05) is 0 Å². The molecule has 0 unspecified atom stereocenters. The Morgan fingerprint density at radius 2 is 2.17 bits per heavy atom. The van der Waals surface area contributed by atoms with E-state index in [1.807, 2.05) is 0 Å². The first-order valence-corrected chi connectivity index (χ1v) is 3.34. The maximum absolute atomic E-state index is 11.1. The summed E-state index contributed by atoms with van der Waals surface area (Å²) in [5.74, 6) is 0. The number of rotatable bonds is 0. The summed E-state index contributed by atoms with van der Waals surface area (Å²) in [7, 11) is 0. The van der Waals surface area contributed by atoms with Gasteiger partial charge in [0.15, 0.2) is 17.5 Å². The Morgan fingerprint density at radius 3 is 2.92 bits per heavy atom. The zero-order valence-electron chi connectivity index (χ0n) is 6.31. The molecule has 0 atom stereocenters. The van der Waals surface area contributed by atoms with Crippen molar-refractivity contribution < 1.29 is 4.42 Å². The summed E-state index contributed by atoms with van der Waals surface area (Å²) in [6, 6.07) is 0. The molecule has 0 aliphatic rings. The minimum Gasteiger partial charge on any atom is -0.441 e. The van der Waals surface area contributed by atoms with Gasteiger partial charge in [0.1, 0.15) is 6.33 Å². The maximum Gasteiger partial charge on any atom is 0.302 e. The second kappa shape index (κ2) is 2.37. The summed E-state index contributed by atoms with van der Waals surface area (Å²) in [6.07, 6.45) is 2.41. The number of aryl methyl sites for hydroxylation is 1. The molecule has 0 aliphatic carbocycles. The Kier molecular flexibility index (Phi) is 1.36. The standard InChI is InChI=1S/C7H5N3O2/c1-4-6-5(9-2-8-4)7(11)10-3-12-6/h2-3H,1H3. The van der Waals surface area contributed by atoms with Crippen molar-refractivity contribution in [2.45, 2.75) is 6.92 Å². The van der Waals surface area contributed by atoms with Crippen molar-refractivity contribution in [2.24, 2.45) is 0 Å². The van der Waals surface area contributed by atoms with Crippen LogP contribution in [0.3, 0.4) is 0 Å². The van der Waals surface area contributed by atoms with Gasteiger partial charge in [-0.15, -0.1) is 0 Å². The van der Waals surface area contributed by atoms with E-state index in [1.54, 1.807) is 6.92 Å². The topological polar surface area (TPSA) is 68.9 Å². The third kappa shape index (κ3) is 0.868. The second-order valence-corrected chi connectivity index (χ2v) is 2.29. The fraction of sp³-hybridized carbons (Fsp3) is 0.143. The van der Waals surface area contributed by atoms with Gasteiger partial charge in [0.2, 0.25) is 0 Å². The predicted molar refractivity (Wildman–Crippen MR) is 40.6 cm³/mol. The Labute approximate surface area is 67.1 Å². The molecule has 2 rings (SSSR count). The molecule has 0 bridgehead atoms. The lowest BCUT2D eigenvalue weighted by molar-refractivity contribution is 0.569. The Bertz CT molecular complexity index is 477. The highest BCUT2D eigenvalue weighted by atomic mass is 16.3. The predicted octanol–water partition coefficient (Wildman–Crippen LogP) is 0.286. The Morgan fingerprint density at radius 1 is 1.33 bits per heavy atom. The molecule has 60 valence electrons. The fourth-order valence-electron chi connectivity index (χ4n) is 0.943. The molecule has 2 aromatic rings. The smallest absolute Gasteiger partial charge is 0.302 e. The number of nitrogens with zero attached hydrogens (tertiary/aromatic N) is 3. The van der Waals surface area contributed by atoms with Gasteiger partial charge in [-0.2, -0.15) is 4.98 Å². The Balaban J connectivity index is 3.05. The SMILES string of the molecule is Cc1ncnc2c(=O)ncoc12. The number of hydrogen-bond acceptors (Lipinski definition) is 5. The normalized spacial score (nSPS) is 10.4. The molecule has 0 saturated carbocycles. The average Bonchev–Trinajstić information content (AvgIpc) is 2.07. The van der Waals surface area contributed by atoms with Crippen LogP contribution in [-0.2, 0) is 0 Å². The van der Waals surface area contributed by atoms with Gasteiger partial charge in [-0.05, 0) is 6.92 Å². The first kappa shape index (κ1) is 6.90. The first-order valence-electron chi connectivity index (χ1n) is 3.34.